The molecule has 1 aromatic carbocycles. The van der Waals surface area contributed by atoms with Gasteiger partial charge in [0, 0.05) is 0 Å². The second kappa shape index (κ2) is 7.16. The molecule has 0 aromatic heterocycles. The second-order valence-corrected chi connectivity index (χ2v) is 6.29. The van der Waals surface area contributed by atoms with Crippen LogP contribution in [0.15, 0.2) is 18.2 Å². The Bertz CT molecular complexity index is 663. The summed E-state index contributed by atoms with van der Waals surface area (Å²) in [5.74, 6) is -1.44. The number of amides is 2. The predicted octanol–water partition coefficient (Wildman–Crippen LogP) is 3.04. The standard InChI is InChI=1S/C16H16F6N2O2/c17-15(18,19)10-3-9(4-11(7-10)16(20,21)22)6-13(25)24-12(14(23)26)5-8-1-2-8/h3-4,7-8,12H,1-2,5-6H2,(H2,23,26)(H,24,25)/t12-/m1/s1. The Morgan fingerprint density at radius 2 is 1.54 bits per heavy atom. The molecule has 1 fully saturated rings. The number of carbonyl (C=O) groups excluding carboxylic acids is 2. The number of hydrogen-bond acceptors (Lipinski definition) is 2. The first-order valence-electron chi connectivity index (χ1n) is 7.73. The zero-order valence-electron chi connectivity index (χ0n) is 13.4. The van der Waals surface area contributed by atoms with Gasteiger partial charge in [-0.1, -0.05) is 12.8 Å². The highest BCUT2D eigenvalue weighted by atomic mass is 19.4. The minimum atomic E-state index is -4.99. The number of primary amides is 1. The normalized spacial score (nSPS) is 16.2. The first kappa shape index (κ1) is 20.1. The summed E-state index contributed by atoms with van der Waals surface area (Å²) in [5.41, 5.74) is 1.71. The maximum absolute atomic E-state index is 12.8. The molecule has 1 aliphatic rings. The number of alkyl halides is 6. The molecule has 0 bridgehead atoms. The van der Waals surface area contributed by atoms with E-state index in [1.165, 1.54) is 0 Å². The highest BCUT2D eigenvalue weighted by molar-refractivity contribution is 5.87. The second-order valence-electron chi connectivity index (χ2n) is 6.29. The Balaban J connectivity index is 2.18. The molecule has 0 saturated heterocycles. The SMILES string of the molecule is NC(=O)[C@@H](CC1CC1)NC(=O)Cc1cc(C(F)(F)F)cc(C(F)(F)F)c1. The molecule has 1 aromatic rings. The van der Waals surface area contributed by atoms with Crippen molar-refractivity contribution in [2.75, 3.05) is 0 Å². The van der Waals surface area contributed by atoms with E-state index in [4.69, 9.17) is 5.73 Å². The van der Waals surface area contributed by atoms with E-state index in [1.54, 1.807) is 0 Å². The van der Waals surface area contributed by atoms with Crippen LogP contribution >= 0.6 is 0 Å². The molecule has 3 N–H and O–H groups in total. The van der Waals surface area contributed by atoms with Crippen molar-refractivity contribution >= 4 is 11.8 Å². The van der Waals surface area contributed by atoms with E-state index in [9.17, 15) is 35.9 Å². The fourth-order valence-corrected chi connectivity index (χ4v) is 2.49. The lowest BCUT2D eigenvalue weighted by Crippen LogP contribution is -2.45. The van der Waals surface area contributed by atoms with Gasteiger partial charge in [-0.2, -0.15) is 26.3 Å². The van der Waals surface area contributed by atoms with Gasteiger partial charge >= 0.3 is 12.4 Å². The monoisotopic (exact) mass is 382 g/mol. The van der Waals surface area contributed by atoms with E-state index in [0.717, 1.165) is 12.8 Å². The molecule has 0 unspecified atom stereocenters. The average molecular weight is 382 g/mol. The van der Waals surface area contributed by atoms with Crippen LogP contribution in [0.5, 0.6) is 0 Å². The summed E-state index contributed by atoms with van der Waals surface area (Å²) < 4.78 is 76.9. The van der Waals surface area contributed by atoms with Crippen molar-refractivity contribution in [1.82, 2.24) is 5.32 Å². The van der Waals surface area contributed by atoms with Crippen molar-refractivity contribution in [3.63, 3.8) is 0 Å². The molecule has 0 heterocycles. The Labute approximate surface area is 144 Å². The largest absolute Gasteiger partial charge is 0.416 e. The van der Waals surface area contributed by atoms with E-state index < -0.39 is 53.3 Å². The van der Waals surface area contributed by atoms with E-state index in [2.05, 4.69) is 5.32 Å². The molecule has 26 heavy (non-hydrogen) atoms. The molecule has 1 aliphatic carbocycles. The van der Waals surface area contributed by atoms with Crippen molar-refractivity contribution in [1.29, 1.82) is 0 Å². The molecule has 1 saturated carbocycles. The molecule has 0 spiro atoms. The molecule has 0 aliphatic heterocycles. The molecule has 2 amide bonds. The number of nitrogens with one attached hydrogen (secondary N) is 1. The van der Waals surface area contributed by atoms with Crippen LogP contribution < -0.4 is 11.1 Å². The summed E-state index contributed by atoms with van der Waals surface area (Å²) in [5, 5.41) is 2.28. The van der Waals surface area contributed by atoms with Gasteiger partial charge < -0.3 is 11.1 Å². The zero-order valence-corrected chi connectivity index (χ0v) is 13.4. The number of halogens is 6. The molecule has 144 valence electrons. The first-order valence-corrected chi connectivity index (χ1v) is 7.73. The lowest BCUT2D eigenvalue weighted by atomic mass is 10.0. The number of hydrogen-bond donors (Lipinski definition) is 2. The molecular weight excluding hydrogens is 366 g/mol. The lowest BCUT2D eigenvalue weighted by Gasteiger charge is -2.17. The van der Waals surface area contributed by atoms with Gasteiger partial charge in [0.1, 0.15) is 6.04 Å². The van der Waals surface area contributed by atoms with E-state index in [0.29, 0.717) is 18.6 Å². The average Bonchev–Trinajstić information content (AvgIpc) is 3.28. The maximum Gasteiger partial charge on any atom is 0.416 e. The molecule has 2 rings (SSSR count). The minimum absolute atomic E-state index is 0.0132. The van der Waals surface area contributed by atoms with Gasteiger partial charge in [-0.3, -0.25) is 9.59 Å². The Hall–Kier alpha value is -2.26. The van der Waals surface area contributed by atoms with Crippen molar-refractivity contribution in [2.45, 2.75) is 44.1 Å². The summed E-state index contributed by atoms with van der Waals surface area (Å²) in [4.78, 5) is 23.3. The van der Waals surface area contributed by atoms with Crippen molar-refractivity contribution in [3.8, 4) is 0 Å². The van der Waals surface area contributed by atoms with Crippen molar-refractivity contribution < 1.29 is 35.9 Å². The number of nitrogens with two attached hydrogens (primary N) is 1. The Kier molecular flexibility index (Phi) is 5.52. The van der Waals surface area contributed by atoms with Gasteiger partial charge in [-0.15, -0.1) is 0 Å². The lowest BCUT2D eigenvalue weighted by molar-refractivity contribution is -0.143. The van der Waals surface area contributed by atoms with Crippen molar-refractivity contribution in [3.05, 3.63) is 34.9 Å². The first-order chi connectivity index (χ1) is 11.9. The third kappa shape index (κ3) is 5.63. The fraction of sp³-hybridized carbons (Fsp3) is 0.500. The van der Waals surface area contributed by atoms with Crippen LogP contribution in [0, 0.1) is 5.92 Å². The zero-order chi connectivity index (χ0) is 19.7. The van der Waals surface area contributed by atoms with Gasteiger partial charge in [0.25, 0.3) is 0 Å². The number of benzene rings is 1. The van der Waals surface area contributed by atoms with Gasteiger partial charge in [0.2, 0.25) is 11.8 Å². The van der Waals surface area contributed by atoms with Gasteiger partial charge in [-0.25, -0.2) is 0 Å². The van der Waals surface area contributed by atoms with Gasteiger partial charge in [0.15, 0.2) is 0 Å². The van der Waals surface area contributed by atoms with Crippen LogP contribution in [0.3, 0.4) is 0 Å². The molecular formula is C16H16F6N2O2. The number of carbonyl (C=O) groups is 2. The number of rotatable bonds is 6. The maximum atomic E-state index is 12.8. The van der Waals surface area contributed by atoms with Crippen LogP contribution in [0.2, 0.25) is 0 Å². The smallest absolute Gasteiger partial charge is 0.368 e. The minimum Gasteiger partial charge on any atom is -0.368 e. The fourth-order valence-electron chi connectivity index (χ4n) is 2.49. The molecule has 0 radical (unpaired) electrons. The predicted molar refractivity (Wildman–Crippen MR) is 78.6 cm³/mol. The van der Waals surface area contributed by atoms with E-state index >= 15 is 0 Å². The summed E-state index contributed by atoms with van der Waals surface area (Å²) in [6.07, 6.45) is -8.66. The van der Waals surface area contributed by atoms with Gasteiger partial charge in [0.05, 0.1) is 17.5 Å². The molecule has 10 heteroatoms. The van der Waals surface area contributed by atoms with Gasteiger partial charge in [-0.05, 0) is 36.1 Å². The van der Waals surface area contributed by atoms with Crippen LogP contribution in [0.25, 0.3) is 0 Å². The highest BCUT2D eigenvalue weighted by Crippen LogP contribution is 2.36. The Morgan fingerprint density at radius 1 is 1.04 bits per heavy atom. The Morgan fingerprint density at radius 3 is 1.92 bits per heavy atom. The van der Waals surface area contributed by atoms with Crippen LogP contribution in [0.4, 0.5) is 26.3 Å². The van der Waals surface area contributed by atoms with Crippen LogP contribution in [0.1, 0.15) is 36.0 Å². The van der Waals surface area contributed by atoms with E-state index in [-0.39, 0.29) is 12.0 Å². The van der Waals surface area contributed by atoms with E-state index in [1.807, 2.05) is 0 Å². The summed E-state index contributed by atoms with van der Waals surface area (Å²) >= 11 is 0. The topological polar surface area (TPSA) is 72.2 Å². The quantitative estimate of drug-likeness (QED) is 0.743. The third-order valence-corrected chi connectivity index (χ3v) is 3.96. The molecule has 4 nitrogen and oxygen atoms in total. The van der Waals surface area contributed by atoms with Crippen LogP contribution in [-0.4, -0.2) is 17.9 Å². The summed E-state index contributed by atoms with van der Waals surface area (Å²) in [7, 11) is 0. The molecule has 1 atom stereocenters. The third-order valence-electron chi connectivity index (χ3n) is 3.96. The van der Waals surface area contributed by atoms with Crippen molar-refractivity contribution in [2.24, 2.45) is 11.7 Å². The summed E-state index contributed by atoms with van der Waals surface area (Å²) in [6, 6.07) is -0.0482. The highest BCUT2D eigenvalue weighted by Gasteiger charge is 2.37. The summed E-state index contributed by atoms with van der Waals surface area (Å²) in [6.45, 7) is 0. The van der Waals surface area contributed by atoms with Crippen LogP contribution in [-0.2, 0) is 28.4 Å².